The first-order valence-electron chi connectivity index (χ1n) is 16.6. The summed E-state index contributed by atoms with van der Waals surface area (Å²) in [5.74, 6) is 1.38. The van der Waals surface area contributed by atoms with Crippen LogP contribution in [0.15, 0.2) is 41.2 Å². The van der Waals surface area contributed by atoms with Gasteiger partial charge in [-0.05, 0) is 61.9 Å². The summed E-state index contributed by atoms with van der Waals surface area (Å²) in [6.45, 7) is 16.4. The molecule has 0 spiro atoms. The molecule has 258 valence electrons. The van der Waals surface area contributed by atoms with Crippen LogP contribution in [0.1, 0.15) is 122 Å². The van der Waals surface area contributed by atoms with Crippen LogP contribution in [-0.4, -0.2) is 35.2 Å². The van der Waals surface area contributed by atoms with E-state index < -0.39 is 11.3 Å². The van der Waals surface area contributed by atoms with E-state index in [4.69, 9.17) is 21.1 Å². The number of phenols is 1. The van der Waals surface area contributed by atoms with Gasteiger partial charge in [-0.25, -0.2) is 0 Å². The predicted molar refractivity (Wildman–Crippen MR) is 193 cm³/mol. The van der Waals surface area contributed by atoms with Gasteiger partial charge in [0.2, 0.25) is 0 Å². The van der Waals surface area contributed by atoms with Crippen molar-refractivity contribution >= 4 is 17.4 Å². The molecule has 0 saturated heterocycles. The molecular formula is C38H58ClNO6. The number of ketones is 1. The van der Waals surface area contributed by atoms with Crippen LogP contribution in [0.2, 0.25) is 5.02 Å². The number of aryl methyl sites for hydroxylation is 2. The lowest BCUT2D eigenvalue weighted by molar-refractivity contribution is 0.101. The molecule has 0 radical (unpaired) electrons. The zero-order chi connectivity index (χ0) is 35.2. The number of methoxy groups -OCH3 is 2. The second kappa shape index (κ2) is 23.8. The highest BCUT2D eigenvalue weighted by molar-refractivity contribution is 6.32. The molecular weight excluding hydrogens is 602 g/mol. The van der Waals surface area contributed by atoms with E-state index in [-0.39, 0.29) is 17.1 Å². The number of ether oxygens (including phenoxy) is 2. The minimum Gasteiger partial charge on any atom is -0.506 e. The number of benzene rings is 2. The minimum absolute atomic E-state index is 0.215. The van der Waals surface area contributed by atoms with Crippen LogP contribution in [0.4, 0.5) is 0 Å². The number of pyridine rings is 1. The zero-order valence-corrected chi connectivity index (χ0v) is 30.6. The second-order valence-electron chi connectivity index (χ2n) is 11.4. The van der Waals surface area contributed by atoms with E-state index >= 15 is 0 Å². The molecule has 1 heterocycles. The number of unbranched alkanes of at least 4 members (excludes halogenated alkanes) is 3. The van der Waals surface area contributed by atoms with E-state index in [1.807, 2.05) is 26.0 Å². The molecule has 0 bridgehead atoms. The summed E-state index contributed by atoms with van der Waals surface area (Å²) in [5.41, 5.74) is 1.59. The number of carbonyl (C=O) groups is 1. The maximum atomic E-state index is 12.2. The molecule has 7 nitrogen and oxygen atoms in total. The predicted octanol–water partition coefficient (Wildman–Crippen LogP) is 10.6. The van der Waals surface area contributed by atoms with Crippen molar-refractivity contribution in [3.63, 3.8) is 0 Å². The first-order chi connectivity index (χ1) is 21.9. The van der Waals surface area contributed by atoms with Crippen molar-refractivity contribution in [3.05, 3.63) is 68.6 Å². The van der Waals surface area contributed by atoms with Gasteiger partial charge >= 0.3 is 0 Å². The molecule has 0 aliphatic rings. The average Bonchev–Trinajstić information content (AvgIpc) is 3.04. The molecule has 8 heteroatoms. The fourth-order valence-electron chi connectivity index (χ4n) is 4.26. The Labute approximate surface area is 282 Å². The average molecular weight is 660 g/mol. The van der Waals surface area contributed by atoms with Crippen molar-refractivity contribution in [3.8, 4) is 34.1 Å². The first-order valence-corrected chi connectivity index (χ1v) is 16.9. The Hall–Kier alpha value is -3.45. The van der Waals surface area contributed by atoms with Crippen LogP contribution >= 0.6 is 11.6 Å². The molecule has 0 fully saturated rings. The maximum Gasteiger partial charge on any atom is 0.262 e. The molecule has 0 aliphatic heterocycles. The molecule has 0 saturated carbocycles. The summed E-state index contributed by atoms with van der Waals surface area (Å²) in [5, 5.41) is 20.4. The summed E-state index contributed by atoms with van der Waals surface area (Å²) < 4.78 is 10.7. The highest BCUT2D eigenvalue weighted by Crippen LogP contribution is 2.41. The highest BCUT2D eigenvalue weighted by Gasteiger charge is 2.23. The van der Waals surface area contributed by atoms with Crippen molar-refractivity contribution in [2.24, 2.45) is 5.92 Å². The number of nitrogens with one attached hydrogen (secondary N) is 1. The number of aromatic amines is 1. The molecule has 0 aliphatic carbocycles. The fraction of sp³-hybridized carbons (Fsp3) is 0.526. The van der Waals surface area contributed by atoms with Gasteiger partial charge in [-0.15, -0.1) is 0 Å². The number of hydrogen-bond acceptors (Lipinski definition) is 6. The van der Waals surface area contributed by atoms with E-state index in [1.165, 1.54) is 53.2 Å². The Morgan fingerprint density at radius 1 is 0.891 bits per heavy atom. The highest BCUT2D eigenvalue weighted by atomic mass is 35.5. The van der Waals surface area contributed by atoms with Crippen LogP contribution < -0.4 is 15.0 Å². The van der Waals surface area contributed by atoms with E-state index in [1.54, 1.807) is 24.3 Å². The SMILES string of the molecule is CCCC.CCCCC(C)C.CCCCc1[nH]c(=O)c(C(C)=O)c(O)c1-c1cc(OC)ccc1OC.CCc1cccc(Cl)c1O. The van der Waals surface area contributed by atoms with Crippen LogP contribution in [0.3, 0.4) is 0 Å². The summed E-state index contributed by atoms with van der Waals surface area (Å²) in [6, 6.07) is 10.5. The lowest BCUT2D eigenvalue weighted by atomic mass is 9.95. The number of phenolic OH excluding ortho intramolecular Hbond substituents is 1. The monoisotopic (exact) mass is 659 g/mol. The van der Waals surface area contributed by atoms with Crippen molar-refractivity contribution < 1.29 is 24.5 Å². The summed E-state index contributed by atoms with van der Waals surface area (Å²) in [6.07, 6.45) is 9.91. The number of aromatic nitrogens is 1. The number of carbonyl (C=O) groups excluding carboxylic acids is 1. The Balaban J connectivity index is 0.000000784. The molecule has 46 heavy (non-hydrogen) atoms. The third kappa shape index (κ3) is 14.3. The summed E-state index contributed by atoms with van der Waals surface area (Å²) in [4.78, 5) is 26.8. The van der Waals surface area contributed by atoms with Gasteiger partial charge in [-0.1, -0.05) is 111 Å². The Kier molecular flexibility index (Phi) is 22.0. The lowest BCUT2D eigenvalue weighted by Crippen LogP contribution is -2.19. The first kappa shape index (κ1) is 42.6. The quantitative estimate of drug-likeness (QED) is 0.167. The molecule has 1 aromatic heterocycles. The van der Waals surface area contributed by atoms with E-state index in [2.05, 4.69) is 39.6 Å². The molecule has 0 amide bonds. The number of aromatic hydroxyl groups is 2. The number of para-hydroxylation sites is 1. The maximum absolute atomic E-state index is 12.2. The molecule has 3 rings (SSSR count). The lowest BCUT2D eigenvalue weighted by Gasteiger charge is -2.17. The van der Waals surface area contributed by atoms with Crippen molar-refractivity contribution in [1.29, 1.82) is 0 Å². The van der Waals surface area contributed by atoms with Gasteiger partial charge in [0.25, 0.3) is 5.56 Å². The number of H-pyrrole nitrogens is 1. The van der Waals surface area contributed by atoms with Crippen LogP contribution in [-0.2, 0) is 12.8 Å². The summed E-state index contributed by atoms with van der Waals surface area (Å²) in [7, 11) is 3.06. The van der Waals surface area contributed by atoms with Gasteiger partial charge < -0.3 is 24.7 Å². The Bertz CT molecular complexity index is 1360. The summed E-state index contributed by atoms with van der Waals surface area (Å²) >= 11 is 5.64. The standard InChI is InChI=1S/C19H23NO5.C8H9ClO.C7H16.C4H10/c1-5-6-7-14-17(18(22)16(11(2)21)19(23)20-14)13-10-12(24-3)8-9-15(13)25-4;1-2-6-4-3-5-7(9)8(6)10;1-4-5-6-7(2)3;1-3-4-2/h8-10H,5-7H2,1-4H3,(H2,20,22,23);3-5,10H,2H2,1H3;7H,4-6H2,1-3H3;3-4H2,1-2H3. The minimum atomic E-state index is -0.582. The number of hydrogen-bond donors (Lipinski definition) is 3. The molecule has 0 atom stereocenters. The number of rotatable bonds is 12. The number of Topliss-reactive ketones (excluding diaryl/α,β-unsaturated/α-hetero) is 1. The van der Waals surface area contributed by atoms with Gasteiger partial charge in [0.05, 0.1) is 19.2 Å². The molecule has 0 unspecified atom stereocenters. The third-order valence-corrected chi connectivity index (χ3v) is 7.47. The fourth-order valence-corrected chi connectivity index (χ4v) is 4.46. The Morgan fingerprint density at radius 2 is 1.52 bits per heavy atom. The van der Waals surface area contributed by atoms with Gasteiger partial charge in [-0.3, -0.25) is 9.59 Å². The van der Waals surface area contributed by atoms with E-state index in [0.29, 0.717) is 39.8 Å². The second-order valence-corrected chi connectivity index (χ2v) is 11.8. The van der Waals surface area contributed by atoms with E-state index in [0.717, 1.165) is 30.7 Å². The third-order valence-electron chi connectivity index (χ3n) is 7.16. The normalized spacial score (nSPS) is 10.1. The Morgan fingerprint density at radius 3 is 1.96 bits per heavy atom. The molecule has 2 aromatic carbocycles. The number of halogens is 1. The van der Waals surface area contributed by atoms with Crippen molar-refractivity contribution in [1.82, 2.24) is 4.98 Å². The van der Waals surface area contributed by atoms with E-state index in [9.17, 15) is 19.8 Å². The van der Waals surface area contributed by atoms with Crippen LogP contribution in [0, 0.1) is 5.92 Å². The van der Waals surface area contributed by atoms with Gasteiger partial charge in [0.1, 0.15) is 28.6 Å². The van der Waals surface area contributed by atoms with Gasteiger partial charge in [0, 0.05) is 16.8 Å². The molecule has 3 N–H and O–H groups in total. The van der Waals surface area contributed by atoms with Gasteiger partial charge in [-0.2, -0.15) is 0 Å². The van der Waals surface area contributed by atoms with Crippen LogP contribution in [0.25, 0.3) is 11.1 Å². The van der Waals surface area contributed by atoms with Crippen molar-refractivity contribution in [2.45, 2.75) is 113 Å². The smallest absolute Gasteiger partial charge is 0.262 e. The zero-order valence-electron chi connectivity index (χ0n) is 29.8. The van der Waals surface area contributed by atoms with Crippen LogP contribution in [0.5, 0.6) is 23.0 Å². The van der Waals surface area contributed by atoms with Crippen molar-refractivity contribution in [2.75, 3.05) is 14.2 Å². The van der Waals surface area contributed by atoms with Gasteiger partial charge in [0.15, 0.2) is 5.78 Å². The molecule has 3 aromatic rings. The largest absolute Gasteiger partial charge is 0.506 e. The topological polar surface area (TPSA) is 109 Å².